The highest BCUT2D eigenvalue weighted by Crippen LogP contribution is 2.24. The molecule has 1 heterocycles. The van der Waals surface area contributed by atoms with E-state index < -0.39 is 0 Å². The molecular weight excluding hydrogens is 206 g/mol. The second-order valence-corrected chi connectivity index (χ2v) is 5.12. The van der Waals surface area contributed by atoms with Gasteiger partial charge in [-0.05, 0) is 54.1 Å². The quantitative estimate of drug-likeness (QED) is 0.752. The van der Waals surface area contributed by atoms with Gasteiger partial charge in [0.05, 0.1) is 6.10 Å². The number of thiophene rings is 1. The molecule has 2 N–H and O–H groups in total. The zero-order chi connectivity index (χ0) is 10.5. The molecule has 1 aliphatic carbocycles. The lowest BCUT2D eigenvalue weighted by Crippen LogP contribution is -2.29. The fourth-order valence-corrected chi connectivity index (χ4v) is 2.91. The van der Waals surface area contributed by atoms with Gasteiger partial charge in [0.1, 0.15) is 0 Å². The van der Waals surface area contributed by atoms with Crippen LogP contribution in [0.3, 0.4) is 0 Å². The first kappa shape index (κ1) is 11.1. The Morgan fingerprint density at radius 3 is 3.07 bits per heavy atom. The lowest BCUT2D eigenvalue weighted by atomic mass is 10.1. The lowest BCUT2D eigenvalue weighted by molar-refractivity contribution is 0.132. The van der Waals surface area contributed by atoms with Gasteiger partial charge in [-0.15, -0.1) is 0 Å². The summed E-state index contributed by atoms with van der Waals surface area (Å²) in [5.74, 6) is 0.493. The molecule has 15 heavy (non-hydrogen) atoms. The summed E-state index contributed by atoms with van der Waals surface area (Å²) in [4.78, 5) is 0. The van der Waals surface area contributed by atoms with E-state index in [1.165, 1.54) is 18.4 Å². The Hall–Kier alpha value is -0.380. The van der Waals surface area contributed by atoms with Crippen LogP contribution in [0.5, 0.6) is 0 Å². The van der Waals surface area contributed by atoms with E-state index in [1.807, 2.05) is 0 Å². The fraction of sp³-hybridized carbons (Fsp3) is 0.667. The maximum absolute atomic E-state index is 9.63. The van der Waals surface area contributed by atoms with Crippen LogP contribution in [0.25, 0.3) is 0 Å². The predicted octanol–water partition coefficient (Wildman–Crippen LogP) is 2.04. The van der Waals surface area contributed by atoms with Crippen molar-refractivity contribution in [2.45, 2.75) is 31.8 Å². The second-order valence-electron chi connectivity index (χ2n) is 4.34. The molecule has 0 bridgehead atoms. The van der Waals surface area contributed by atoms with Crippen molar-refractivity contribution in [1.29, 1.82) is 0 Å². The SMILES string of the molecule is OC1CCCC1CNCCc1ccsc1. The lowest BCUT2D eigenvalue weighted by Gasteiger charge is -2.14. The summed E-state index contributed by atoms with van der Waals surface area (Å²) in [5, 5.41) is 17.4. The standard InChI is InChI=1S/C12H19NOS/c14-12-3-1-2-11(12)8-13-6-4-10-5-7-15-9-10/h5,7,9,11-14H,1-4,6,8H2. The van der Waals surface area contributed by atoms with Gasteiger partial charge >= 0.3 is 0 Å². The van der Waals surface area contributed by atoms with Crippen molar-refractivity contribution >= 4 is 11.3 Å². The van der Waals surface area contributed by atoms with Gasteiger partial charge in [0, 0.05) is 6.54 Å². The minimum atomic E-state index is -0.0568. The molecule has 1 aromatic rings. The van der Waals surface area contributed by atoms with Crippen LogP contribution >= 0.6 is 11.3 Å². The molecule has 3 heteroatoms. The molecule has 2 nitrogen and oxygen atoms in total. The van der Waals surface area contributed by atoms with Crippen LogP contribution in [0.15, 0.2) is 16.8 Å². The van der Waals surface area contributed by atoms with Crippen molar-refractivity contribution in [2.24, 2.45) is 5.92 Å². The first-order valence-electron chi connectivity index (χ1n) is 5.76. The molecule has 0 aliphatic heterocycles. The van der Waals surface area contributed by atoms with Crippen molar-refractivity contribution in [3.8, 4) is 0 Å². The summed E-state index contributed by atoms with van der Waals surface area (Å²) in [6.45, 7) is 2.01. The molecule has 0 saturated heterocycles. The number of nitrogens with one attached hydrogen (secondary N) is 1. The molecular formula is C12H19NOS. The third kappa shape index (κ3) is 3.30. The van der Waals surface area contributed by atoms with Gasteiger partial charge in [-0.3, -0.25) is 0 Å². The van der Waals surface area contributed by atoms with Crippen LogP contribution in [-0.2, 0) is 6.42 Å². The van der Waals surface area contributed by atoms with Crippen LogP contribution in [0.4, 0.5) is 0 Å². The molecule has 2 unspecified atom stereocenters. The first-order chi connectivity index (χ1) is 7.36. The van der Waals surface area contributed by atoms with Gasteiger partial charge in [0.2, 0.25) is 0 Å². The third-order valence-electron chi connectivity index (χ3n) is 3.20. The average Bonchev–Trinajstić information content (AvgIpc) is 2.85. The first-order valence-corrected chi connectivity index (χ1v) is 6.70. The Morgan fingerprint density at radius 2 is 2.40 bits per heavy atom. The molecule has 1 aromatic heterocycles. The maximum Gasteiger partial charge on any atom is 0.0580 e. The van der Waals surface area contributed by atoms with E-state index >= 15 is 0 Å². The zero-order valence-corrected chi connectivity index (χ0v) is 9.80. The van der Waals surface area contributed by atoms with Crippen LogP contribution in [0.1, 0.15) is 24.8 Å². The molecule has 0 spiro atoms. The Balaban J connectivity index is 1.59. The molecule has 0 amide bonds. The summed E-state index contributed by atoms with van der Waals surface area (Å²) in [6.07, 6.45) is 4.42. The normalized spacial score (nSPS) is 25.9. The number of hydrogen-bond acceptors (Lipinski definition) is 3. The highest BCUT2D eigenvalue weighted by atomic mass is 32.1. The van der Waals surface area contributed by atoms with Gasteiger partial charge in [0.25, 0.3) is 0 Å². The Morgan fingerprint density at radius 1 is 1.47 bits per heavy atom. The van der Waals surface area contributed by atoms with Crippen LogP contribution in [-0.4, -0.2) is 24.3 Å². The van der Waals surface area contributed by atoms with Gasteiger partial charge in [-0.1, -0.05) is 6.42 Å². The second kappa shape index (κ2) is 5.64. The van der Waals surface area contributed by atoms with Gasteiger partial charge in [-0.2, -0.15) is 11.3 Å². The Bertz CT molecular complexity index is 273. The van der Waals surface area contributed by atoms with E-state index in [-0.39, 0.29) is 6.10 Å². The van der Waals surface area contributed by atoms with E-state index in [1.54, 1.807) is 11.3 Å². The maximum atomic E-state index is 9.63. The van der Waals surface area contributed by atoms with E-state index in [0.29, 0.717) is 5.92 Å². The third-order valence-corrected chi connectivity index (χ3v) is 3.93. The minimum absolute atomic E-state index is 0.0568. The number of hydrogen-bond donors (Lipinski definition) is 2. The predicted molar refractivity (Wildman–Crippen MR) is 64.2 cm³/mol. The highest BCUT2D eigenvalue weighted by Gasteiger charge is 2.24. The van der Waals surface area contributed by atoms with Gasteiger partial charge in [-0.25, -0.2) is 0 Å². The van der Waals surface area contributed by atoms with Crippen molar-refractivity contribution in [1.82, 2.24) is 5.32 Å². The molecule has 2 atom stereocenters. The molecule has 0 aromatic carbocycles. The molecule has 1 saturated carbocycles. The molecule has 1 fully saturated rings. The van der Waals surface area contributed by atoms with E-state index in [2.05, 4.69) is 22.1 Å². The topological polar surface area (TPSA) is 32.3 Å². The average molecular weight is 225 g/mol. The van der Waals surface area contributed by atoms with Gasteiger partial charge < -0.3 is 10.4 Å². The van der Waals surface area contributed by atoms with Crippen molar-refractivity contribution in [3.63, 3.8) is 0 Å². The number of aliphatic hydroxyl groups is 1. The van der Waals surface area contributed by atoms with Crippen LogP contribution in [0.2, 0.25) is 0 Å². The minimum Gasteiger partial charge on any atom is -0.393 e. The fourth-order valence-electron chi connectivity index (χ4n) is 2.21. The summed E-state index contributed by atoms with van der Waals surface area (Å²) >= 11 is 1.76. The summed E-state index contributed by atoms with van der Waals surface area (Å²) < 4.78 is 0. The van der Waals surface area contributed by atoms with Gasteiger partial charge in [0.15, 0.2) is 0 Å². The largest absolute Gasteiger partial charge is 0.393 e. The van der Waals surface area contributed by atoms with Crippen molar-refractivity contribution in [2.75, 3.05) is 13.1 Å². The van der Waals surface area contributed by atoms with E-state index in [0.717, 1.165) is 25.9 Å². The van der Waals surface area contributed by atoms with E-state index in [9.17, 15) is 5.11 Å². The summed E-state index contributed by atoms with van der Waals surface area (Å²) in [5.41, 5.74) is 1.42. The molecule has 2 rings (SSSR count). The van der Waals surface area contributed by atoms with Crippen molar-refractivity contribution in [3.05, 3.63) is 22.4 Å². The molecule has 84 valence electrons. The highest BCUT2D eigenvalue weighted by molar-refractivity contribution is 7.07. The zero-order valence-electron chi connectivity index (χ0n) is 8.98. The summed E-state index contributed by atoms with van der Waals surface area (Å²) in [6, 6.07) is 2.18. The monoisotopic (exact) mass is 225 g/mol. The molecule has 1 aliphatic rings. The summed E-state index contributed by atoms with van der Waals surface area (Å²) in [7, 11) is 0. The van der Waals surface area contributed by atoms with Crippen LogP contribution in [0, 0.1) is 5.92 Å². The van der Waals surface area contributed by atoms with E-state index in [4.69, 9.17) is 0 Å². The number of aliphatic hydroxyl groups excluding tert-OH is 1. The Labute approximate surface area is 95.3 Å². The Kier molecular flexibility index (Phi) is 4.18. The number of rotatable bonds is 5. The molecule has 0 radical (unpaired) electrons. The smallest absolute Gasteiger partial charge is 0.0580 e. The van der Waals surface area contributed by atoms with Crippen molar-refractivity contribution < 1.29 is 5.11 Å². The van der Waals surface area contributed by atoms with Crippen LogP contribution < -0.4 is 5.32 Å².